The van der Waals surface area contributed by atoms with E-state index >= 15 is 0 Å². The number of hydrogen-bond acceptors (Lipinski definition) is 5. The van der Waals surface area contributed by atoms with Crippen molar-refractivity contribution in [2.24, 2.45) is 17.3 Å². The molecule has 0 amide bonds. The van der Waals surface area contributed by atoms with Crippen molar-refractivity contribution in [2.45, 2.75) is 0 Å². The van der Waals surface area contributed by atoms with E-state index in [9.17, 15) is 0 Å². The number of aliphatic hydroxyl groups excluding tert-OH is 1. The van der Waals surface area contributed by atoms with Gasteiger partial charge < -0.3 is 14.4 Å². The van der Waals surface area contributed by atoms with E-state index in [-0.39, 0.29) is 13.2 Å². The smallest absolute Gasteiger partial charge is 0.211 e. The number of benzene rings is 2. The number of hydrogen-bond donors (Lipinski definition) is 1. The molecule has 1 heterocycles. The summed E-state index contributed by atoms with van der Waals surface area (Å²) in [6.07, 6.45) is 1.66. The van der Waals surface area contributed by atoms with E-state index in [4.69, 9.17) is 9.84 Å². The van der Waals surface area contributed by atoms with Crippen LogP contribution in [0.1, 0.15) is 5.56 Å². The summed E-state index contributed by atoms with van der Waals surface area (Å²) in [6, 6.07) is 15.7. The minimum Gasteiger partial charge on any atom is -0.491 e. The number of thiazole rings is 1. The second-order valence-corrected chi connectivity index (χ2v) is 5.87. The molecule has 1 aromatic heterocycles. The van der Waals surface area contributed by atoms with Gasteiger partial charge in [-0.3, -0.25) is 0 Å². The monoisotopic (exact) mass is 327 g/mol. The molecule has 1 N–H and O–H groups in total. The molecule has 118 valence electrons. The van der Waals surface area contributed by atoms with E-state index in [1.54, 1.807) is 17.6 Å². The second kappa shape index (κ2) is 7.21. The van der Waals surface area contributed by atoms with E-state index in [1.165, 1.54) is 4.70 Å². The fraction of sp³-hybridized carbons (Fsp3) is 0.176. The van der Waals surface area contributed by atoms with Crippen LogP contribution in [0.5, 0.6) is 5.75 Å². The Labute approximate surface area is 137 Å². The Balaban J connectivity index is 1.89. The topological polar surface area (TPSA) is 59.1 Å². The number of rotatable bonds is 5. The highest BCUT2D eigenvalue weighted by Gasteiger charge is 2.01. The Kier molecular flexibility index (Phi) is 4.85. The summed E-state index contributed by atoms with van der Waals surface area (Å²) in [5, 5.41) is 17.4. The Morgan fingerprint density at radius 3 is 2.78 bits per heavy atom. The fourth-order valence-electron chi connectivity index (χ4n) is 2.19. The summed E-state index contributed by atoms with van der Waals surface area (Å²) in [5.74, 6) is 0.682. The molecule has 0 aliphatic heterocycles. The third kappa shape index (κ3) is 3.49. The SMILES string of the molecule is Cn1/c(=N/N=C\c2ccccc2OCCO)sc2ccccc21. The van der Waals surface area contributed by atoms with Crippen LogP contribution in [0.25, 0.3) is 10.2 Å². The molecule has 3 aromatic rings. The molecule has 0 saturated heterocycles. The van der Waals surface area contributed by atoms with Crippen molar-refractivity contribution < 1.29 is 9.84 Å². The maximum atomic E-state index is 8.86. The van der Waals surface area contributed by atoms with Crippen LogP contribution in [0.2, 0.25) is 0 Å². The predicted molar refractivity (Wildman–Crippen MR) is 93.0 cm³/mol. The lowest BCUT2D eigenvalue weighted by Crippen LogP contribution is -2.09. The normalized spacial score (nSPS) is 12.3. The minimum absolute atomic E-state index is 0.0204. The summed E-state index contributed by atoms with van der Waals surface area (Å²) in [4.78, 5) is 0.830. The van der Waals surface area contributed by atoms with Gasteiger partial charge in [-0.25, -0.2) is 0 Å². The second-order valence-electron chi connectivity index (χ2n) is 4.87. The molecule has 0 radical (unpaired) electrons. The van der Waals surface area contributed by atoms with E-state index in [0.29, 0.717) is 5.75 Å². The molecule has 6 heteroatoms. The van der Waals surface area contributed by atoms with Gasteiger partial charge in [-0.2, -0.15) is 5.10 Å². The van der Waals surface area contributed by atoms with Crippen LogP contribution in [-0.2, 0) is 7.05 Å². The number of aryl methyl sites for hydroxylation is 1. The Morgan fingerprint density at radius 1 is 1.17 bits per heavy atom. The maximum Gasteiger partial charge on any atom is 0.211 e. The van der Waals surface area contributed by atoms with Gasteiger partial charge in [0.25, 0.3) is 0 Å². The highest BCUT2D eigenvalue weighted by Crippen LogP contribution is 2.16. The van der Waals surface area contributed by atoms with Gasteiger partial charge in [0, 0.05) is 12.6 Å². The molecule has 0 atom stereocenters. The van der Waals surface area contributed by atoms with Gasteiger partial charge in [-0.05, 0) is 24.3 Å². The first kappa shape index (κ1) is 15.5. The lowest BCUT2D eigenvalue weighted by Gasteiger charge is -2.06. The van der Waals surface area contributed by atoms with Crippen LogP contribution >= 0.6 is 11.3 Å². The van der Waals surface area contributed by atoms with Gasteiger partial charge >= 0.3 is 0 Å². The average Bonchev–Trinajstić information content (AvgIpc) is 2.90. The molecule has 23 heavy (non-hydrogen) atoms. The fourth-order valence-corrected chi connectivity index (χ4v) is 3.17. The largest absolute Gasteiger partial charge is 0.491 e. The van der Waals surface area contributed by atoms with E-state index in [1.807, 2.05) is 48.0 Å². The summed E-state index contributed by atoms with van der Waals surface area (Å²) >= 11 is 1.60. The van der Waals surface area contributed by atoms with E-state index in [0.717, 1.165) is 15.9 Å². The molecule has 0 aliphatic rings. The summed E-state index contributed by atoms with van der Waals surface area (Å²) in [7, 11) is 1.98. The van der Waals surface area contributed by atoms with Crippen molar-refractivity contribution in [1.29, 1.82) is 0 Å². The lowest BCUT2D eigenvalue weighted by molar-refractivity contribution is 0.201. The Hall–Kier alpha value is -2.44. The first-order valence-corrected chi connectivity index (χ1v) is 8.05. The van der Waals surface area contributed by atoms with Gasteiger partial charge in [0.05, 0.1) is 23.0 Å². The highest BCUT2D eigenvalue weighted by molar-refractivity contribution is 7.16. The first-order chi connectivity index (χ1) is 11.3. The summed E-state index contributed by atoms with van der Waals surface area (Å²) < 4.78 is 8.67. The third-order valence-electron chi connectivity index (χ3n) is 3.32. The van der Waals surface area contributed by atoms with Crippen LogP contribution < -0.4 is 9.54 Å². The molecule has 0 spiro atoms. The van der Waals surface area contributed by atoms with Crippen molar-refractivity contribution in [3.8, 4) is 5.75 Å². The number of aliphatic hydroxyl groups is 1. The zero-order valence-corrected chi connectivity index (χ0v) is 13.5. The standard InChI is InChI=1S/C17H17N3O2S/c1-20-14-7-3-5-9-16(14)23-17(20)19-18-12-13-6-2-4-8-15(13)22-11-10-21/h2-9,12,21H,10-11H2,1H3/b18-12-,19-17-. The quantitative estimate of drug-likeness (QED) is 0.578. The van der Waals surface area contributed by atoms with Crippen LogP contribution in [-0.4, -0.2) is 29.1 Å². The van der Waals surface area contributed by atoms with Crippen LogP contribution in [0.15, 0.2) is 58.7 Å². The van der Waals surface area contributed by atoms with Crippen molar-refractivity contribution in [3.05, 3.63) is 58.9 Å². The molecular formula is C17H17N3O2S. The Bertz CT molecular complexity index is 896. The molecule has 0 fully saturated rings. The number of fused-ring (bicyclic) bond motifs is 1. The minimum atomic E-state index is -0.0204. The van der Waals surface area contributed by atoms with Gasteiger partial charge in [0.15, 0.2) is 0 Å². The molecule has 0 saturated carbocycles. The van der Waals surface area contributed by atoms with Gasteiger partial charge in [0.2, 0.25) is 4.80 Å². The summed E-state index contributed by atoms with van der Waals surface area (Å²) in [6.45, 7) is 0.237. The molecule has 2 aromatic carbocycles. The van der Waals surface area contributed by atoms with Gasteiger partial charge in [-0.15, -0.1) is 5.10 Å². The van der Waals surface area contributed by atoms with Crippen LogP contribution in [0.4, 0.5) is 0 Å². The predicted octanol–water partition coefficient (Wildman–Crippen LogP) is 2.55. The third-order valence-corrected chi connectivity index (χ3v) is 4.43. The first-order valence-electron chi connectivity index (χ1n) is 7.24. The molecule has 0 aliphatic carbocycles. The number of para-hydroxylation sites is 2. The van der Waals surface area contributed by atoms with E-state index < -0.39 is 0 Å². The van der Waals surface area contributed by atoms with Crippen molar-refractivity contribution in [3.63, 3.8) is 0 Å². The maximum absolute atomic E-state index is 8.86. The molecular weight excluding hydrogens is 310 g/mol. The molecule has 5 nitrogen and oxygen atoms in total. The van der Waals surface area contributed by atoms with Crippen LogP contribution in [0.3, 0.4) is 0 Å². The molecule has 3 rings (SSSR count). The van der Waals surface area contributed by atoms with Gasteiger partial charge in [0.1, 0.15) is 12.4 Å². The van der Waals surface area contributed by atoms with Crippen molar-refractivity contribution in [2.75, 3.05) is 13.2 Å². The van der Waals surface area contributed by atoms with Crippen molar-refractivity contribution in [1.82, 2.24) is 4.57 Å². The van der Waals surface area contributed by atoms with Crippen LogP contribution in [0, 0.1) is 0 Å². The number of ether oxygens (including phenoxy) is 1. The molecule has 0 bridgehead atoms. The average molecular weight is 327 g/mol. The van der Waals surface area contributed by atoms with Crippen molar-refractivity contribution >= 4 is 27.8 Å². The Morgan fingerprint density at radius 2 is 1.96 bits per heavy atom. The number of nitrogens with zero attached hydrogens (tertiary/aromatic N) is 3. The zero-order chi connectivity index (χ0) is 16.1. The summed E-state index contributed by atoms with van der Waals surface area (Å²) in [5.41, 5.74) is 1.96. The lowest BCUT2D eigenvalue weighted by atomic mass is 10.2. The van der Waals surface area contributed by atoms with Gasteiger partial charge in [-0.1, -0.05) is 35.6 Å². The molecule has 0 unspecified atom stereocenters. The highest BCUT2D eigenvalue weighted by atomic mass is 32.1. The number of aromatic nitrogens is 1. The zero-order valence-electron chi connectivity index (χ0n) is 12.7. The van der Waals surface area contributed by atoms with E-state index in [2.05, 4.69) is 22.3 Å².